The lowest BCUT2D eigenvalue weighted by molar-refractivity contribution is -0.146. The van der Waals surface area contributed by atoms with Crippen LogP contribution in [-0.2, 0) is 19.1 Å². The number of benzene rings is 1. The van der Waals surface area contributed by atoms with E-state index >= 15 is 0 Å². The van der Waals surface area contributed by atoms with E-state index in [9.17, 15) is 24.3 Å². The van der Waals surface area contributed by atoms with E-state index in [0.717, 1.165) is 18.0 Å². The Kier molecular flexibility index (Phi) is 12.5. The highest BCUT2D eigenvalue weighted by Crippen LogP contribution is 2.52. The summed E-state index contributed by atoms with van der Waals surface area (Å²) in [5.41, 5.74) is -0.675. The summed E-state index contributed by atoms with van der Waals surface area (Å²) in [4.78, 5) is 68.0. The Balaban J connectivity index is 1.21. The number of aliphatic carboxylic acids is 1. The number of likely N-dealkylation sites (N-methyl/N-ethyl adjacent to an activating group) is 1. The highest BCUT2D eigenvalue weighted by atomic mass is 35.5. The van der Waals surface area contributed by atoms with Crippen molar-refractivity contribution in [2.24, 2.45) is 23.2 Å². The monoisotopic (exact) mass is 867 g/mol. The molecule has 4 fully saturated rings. The number of pyridine rings is 1. The van der Waals surface area contributed by atoms with Crippen LogP contribution in [0.3, 0.4) is 0 Å². The smallest absolute Gasteiger partial charge is 0.408 e. The Morgan fingerprint density at radius 2 is 1.78 bits per heavy atom. The topological polar surface area (TPSA) is 185 Å². The zero-order valence-corrected chi connectivity index (χ0v) is 37.2. The van der Waals surface area contributed by atoms with Crippen molar-refractivity contribution in [3.63, 3.8) is 0 Å². The average Bonchev–Trinajstić information content (AvgIpc) is 3.84. The van der Waals surface area contributed by atoms with Gasteiger partial charge in [0.1, 0.15) is 58.7 Å². The molecule has 0 radical (unpaired) electrons. The predicted octanol–water partition coefficient (Wildman–Crippen LogP) is 6.43. The normalized spacial score (nSPS) is 26.1. The highest BCUT2D eigenvalue weighted by Gasteiger charge is 2.61. The number of carbonyl (C=O) groups excluding carboxylic acids is 3. The van der Waals surface area contributed by atoms with Crippen molar-refractivity contribution in [3.8, 4) is 22.9 Å². The maximum Gasteiger partial charge on any atom is 0.408 e. The van der Waals surface area contributed by atoms with Crippen molar-refractivity contribution in [2.75, 3.05) is 39.1 Å². The molecule has 60 heavy (non-hydrogen) atoms. The minimum Gasteiger partial charge on any atom is -0.491 e. The molecule has 7 unspecified atom stereocenters. The van der Waals surface area contributed by atoms with Crippen molar-refractivity contribution in [1.29, 1.82) is 0 Å². The first-order valence-corrected chi connectivity index (χ1v) is 22.3. The fourth-order valence-corrected chi connectivity index (χ4v) is 9.73. The lowest BCUT2D eigenvalue weighted by Crippen LogP contribution is -2.59. The van der Waals surface area contributed by atoms with Crippen molar-refractivity contribution >= 4 is 62.8 Å². The second-order valence-electron chi connectivity index (χ2n) is 18.5. The van der Waals surface area contributed by atoms with Crippen molar-refractivity contribution in [2.45, 2.75) is 116 Å². The molecule has 326 valence electrons. The first-order valence-electron chi connectivity index (χ1n) is 21.0. The molecule has 0 spiro atoms. The van der Waals surface area contributed by atoms with E-state index in [0.29, 0.717) is 76.6 Å². The zero-order valence-electron chi connectivity index (χ0n) is 35.7. The summed E-state index contributed by atoms with van der Waals surface area (Å²) in [6.07, 6.45) is 2.14. The maximum atomic E-state index is 14.8. The van der Waals surface area contributed by atoms with Crippen LogP contribution in [0.15, 0.2) is 23.6 Å². The van der Waals surface area contributed by atoms with Crippen LogP contribution >= 0.6 is 22.9 Å². The molecule has 3 heterocycles. The Bertz CT molecular complexity index is 2120. The van der Waals surface area contributed by atoms with E-state index in [2.05, 4.69) is 16.0 Å². The minimum atomic E-state index is -1.41. The lowest BCUT2D eigenvalue weighted by Gasteiger charge is -2.35. The SMILES string of the molecule is CCC1CC1(NC(=O)C1CC(Oc2cc(-c3csc(NC(C)C)n3)nc3c(Cl)c(OCCN(C)C)ccc23)CN1C(=O)C(NC(=O)OC1CC2CC2C1)C(C)(C)C)C(=O)O. The van der Waals surface area contributed by atoms with Crippen LogP contribution in [0.1, 0.15) is 80.1 Å². The van der Waals surface area contributed by atoms with Gasteiger partial charge in [-0.3, -0.25) is 9.59 Å². The largest absolute Gasteiger partial charge is 0.491 e. The first kappa shape index (κ1) is 43.7. The highest BCUT2D eigenvalue weighted by molar-refractivity contribution is 7.14. The summed E-state index contributed by atoms with van der Waals surface area (Å²) < 4.78 is 18.6. The molecule has 1 aromatic carbocycles. The number of halogens is 1. The van der Waals surface area contributed by atoms with Gasteiger partial charge in [-0.25, -0.2) is 19.6 Å². The molecule has 3 aliphatic carbocycles. The molecule has 3 saturated carbocycles. The van der Waals surface area contributed by atoms with Gasteiger partial charge in [0.15, 0.2) is 5.13 Å². The minimum absolute atomic E-state index is 0.0265. The average molecular weight is 868 g/mol. The summed E-state index contributed by atoms with van der Waals surface area (Å²) in [5.74, 6) is -0.373. The predicted molar refractivity (Wildman–Crippen MR) is 230 cm³/mol. The molecule has 4 N–H and O–H groups in total. The lowest BCUT2D eigenvalue weighted by atomic mass is 9.85. The molecule has 17 heteroatoms. The Hall–Kier alpha value is -4.41. The maximum absolute atomic E-state index is 14.8. The van der Waals surface area contributed by atoms with E-state index in [1.807, 2.05) is 72.0 Å². The third-order valence-electron chi connectivity index (χ3n) is 12.1. The van der Waals surface area contributed by atoms with Gasteiger partial charge in [0.05, 0.1) is 17.8 Å². The van der Waals surface area contributed by atoms with Gasteiger partial charge in [-0.15, -0.1) is 11.3 Å². The fourth-order valence-electron chi connectivity index (χ4n) is 8.61. The van der Waals surface area contributed by atoms with Crippen LogP contribution < -0.4 is 25.4 Å². The number of carboxylic acid groups (broad SMARTS) is 1. The fraction of sp³-hybridized carbons (Fsp3) is 0.628. The van der Waals surface area contributed by atoms with Crippen LogP contribution in [0, 0.1) is 23.2 Å². The van der Waals surface area contributed by atoms with E-state index in [1.54, 1.807) is 12.1 Å². The van der Waals surface area contributed by atoms with Crippen LogP contribution in [0.2, 0.25) is 5.02 Å². The number of amides is 3. The number of likely N-dealkylation sites (tertiary alicyclic amines) is 1. The summed E-state index contributed by atoms with van der Waals surface area (Å²) >= 11 is 8.46. The number of anilines is 1. The van der Waals surface area contributed by atoms with Gasteiger partial charge in [-0.05, 0) is 88.9 Å². The number of hydrogen-bond donors (Lipinski definition) is 4. The van der Waals surface area contributed by atoms with E-state index in [1.165, 1.54) is 22.7 Å². The number of fused-ring (bicyclic) bond motifs is 2. The second-order valence-corrected chi connectivity index (χ2v) is 19.8. The molecule has 1 saturated heterocycles. The second kappa shape index (κ2) is 17.2. The molecule has 1 aliphatic heterocycles. The number of rotatable bonds is 16. The number of carboxylic acids is 1. The molecule has 7 atom stereocenters. The third kappa shape index (κ3) is 9.40. The molecule has 3 aromatic rings. The number of carbonyl (C=O) groups is 4. The molecule has 3 amide bonds. The summed E-state index contributed by atoms with van der Waals surface area (Å²) in [6, 6.07) is 3.36. The van der Waals surface area contributed by atoms with Crippen LogP contribution in [-0.4, -0.2) is 118 Å². The number of thiazole rings is 1. The molecule has 2 aromatic heterocycles. The van der Waals surface area contributed by atoms with Gasteiger partial charge in [-0.2, -0.15) is 0 Å². The summed E-state index contributed by atoms with van der Waals surface area (Å²) in [7, 11) is 3.91. The number of nitrogens with one attached hydrogen (secondary N) is 3. The third-order valence-corrected chi connectivity index (χ3v) is 13.3. The number of hydrogen-bond acceptors (Lipinski definition) is 12. The standard InChI is InChI=1S/C43H58ClN7O8S/c1-9-25-19-43(25,39(54)55)49-37(52)31-17-27(20-51(31)38(53)36(42(4,5)6)48-41(56)59-26-15-23-14-24(23)16-26)58-33-18-29(30-21-60-40(47-30)45-22(2)3)46-35-28(33)10-11-32(34(35)44)57-13-12-50(7)8/h10-11,18,21-27,31,36H,9,12-17,19-20H2,1-8H3,(H,45,47)(H,48,56)(H,49,52)(H,54,55). The van der Waals surface area contributed by atoms with E-state index in [-0.39, 0.29) is 31.0 Å². The van der Waals surface area contributed by atoms with Crippen molar-refractivity contribution in [3.05, 3.63) is 28.6 Å². The Morgan fingerprint density at radius 3 is 2.42 bits per heavy atom. The van der Waals surface area contributed by atoms with Gasteiger partial charge in [0.25, 0.3) is 0 Å². The number of aromatic nitrogens is 2. The molecule has 15 nitrogen and oxygen atoms in total. The Morgan fingerprint density at radius 1 is 1.05 bits per heavy atom. The summed E-state index contributed by atoms with van der Waals surface area (Å²) in [5, 5.41) is 22.7. The Labute approximate surface area is 360 Å². The molecule has 0 bridgehead atoms. The van der Waals surface area contributed by atoms with Gasteiger partial charge in [-0.1, -0.05) is 45.7 Å². The van der Waals surface area contributed by atoms with Crippen LogP contribution in [0.4, 0.5) is 9.93 Å². The van der Waals surface area contributed by atoms with Crippen molar-refractivity contribution in [1.82, 2.24) is 30.4 Å². The molecule has 4 aliphatic rings. The number of ether oxygens (including phenoxy) is 3. The quantitative estimate of drug-likeness (QED) is 0.124. The summed E-state index contributed by atoms with van der Waals surface area (Å²) in [6.45, 7) is 12.5. The van der Waals surface area contributed by atoms with Gasteiger partial charge < -0.3 is 45.1 Å². The van der Waals surface area contributed by atoms with E-state index < -0.39 is 53.0 Å². The van der Waals surface area contributed by atoms with Gasteiger partial charge in [0, 0.05) is 35.8 Å². The van der Waals surface area contributed by atoms with E-state index in [4.69, 9.17) is 35.8 Å². The van der Waals surface area contributed by atoms with Crippen LogP contribution in [0.25, 0.3) is 22.3 Å². The van der Waals surface area contributed by atoms with Gasteiger partial charge >= 0.3 is 12.1 Å². The zero-order chi connectivity index (χ0) is 43.3. The molecule has 7 rings (SSSR count). The number of nitrogens with zero attached hydrogens (tertiary/aromatic N) is 4. The first-order chi connectivity index (χ1) is 28.4. The van der Waals surface area contributed by atoms with Crippen molar-refractivity contribution < 1.29 is 38.5 Å². The molecular weight excluding hydrogens is 810 g/mol. The number of alkyl carbamates (subject to hydrolysis) is 1. The van der Waals surface area contributed by atoms with Crippen LogP contribution in [0.5, 0.6) is 11.5 Å². The molecular formula is C43H58ClN7O8S. The van der Waals surface area contributed by atoms with Gasteiger partial charge in [0.2, 0.25) is 11.8 Å².